The van der Waals surface area contributed by atoms with Crippen molar-refractivity contribution in [3.8, 4) is 0 Å². The summed E-state index contributed by atoms with van der Waals surface area (Å²) in [5.41, 5.74) is 4.52. The van der Waals surface area contributed by atoms with Crippen molar-refractivity contribution < 1.29 is 0 Å². The monoisotopic (exact) mass is 168 g/mol. The van der Waals surface area contributed by atoms with E-state index in [9.17, 15) is 0 Å². The Morgan fingerprint density at radius 2 is 1.92 bits per heavy atom. The van der Waals surface area contributed by atoms with Crippen LogP contribution in [0.4, 0.5) is 0 Å². The summed E-state index contributed by atoms with van der Waals surface area (Å²) >= 11 is 0. The van der Waals surface area contributed by atoms with Crippen LogP contribution in [-0.4, -0.2) is 12.3 Å². The number of hydrogen-bond donors (Lipinski definition) is 1. The summed E-state index contributed by atoms with van der Waals surface area (Å²) in [6.07, 6.45) is 6.49. The van der Waals surface area contributed by atoms with Crippen molar-refractivity contribution in [2.24, 2.45) is 11.0 Å². The standard InChI is InChI=1S/C10H20N2/c1-9(2)8-11-12-10-6-4-3-5-7-10/h9,11H,3-8H2,1-2H3. The van der Waals surface area contributed by atoms with Crippen LogP contribution in [0.5, 0.6) is 0 Å². The topological polar surface area (TPSA) is 24.4 Å². The van der Waals surface area contributed by atoms with Gasteiger partial charge in [-0.1, -0.05) is 20.3 Å². The zero-order chi connectivity index (χ0) is 8.81. The zero-order valence-corrected chi connectivity index (χ0v) is 8.27. The average Bonchev–Trinajstić information content (AvgIpc) is 2.05. The molecule has 0 unspecified atom stereocenters. The lowest BCUT2D eigenvalue weighted by Gasteiger charge is -2.12. The molecule has 70 valence electrons. The van der Waals surface area contributed by atoms with Gasteiger partial charge in [-0.3, -0.25) is 0 Å². The van der Waals surface area contributed by atoms with Gasteiger partial charge in [-0.15, -0.1) is 0 Å². The Balaban J connectivity index is 2.16. The molecule has 0 atom stereocenters. The van der Waals surface area contributed by atoms with Gasteiger partial charge in [-0.05, 0) is 31.6 Å². The van der Waals surface area contributed by atoms with E-state index in [-0.39, 0.29) is 0 Å². The van der Waals surface area contributed by atoms with Gasteiger partial charge in [0.05, 0.1) is 0 Å². The van der Waals surface area contributed by atoms with Gasteiger partial charge in [0.15, 0.2) is 0 Å². The third-order valence-corrected chi connectivity index (χ3v) is 2.17. The van der Waals surface area contributed by atoms with E-state index in [0.29, 0.717) is 5.92 Å². The summed E-state index contributed by atoms with van der Waals surface area (Å²) in [5, 5.41) is 4.39. The SMILES string of the molecule is CC(C)CNN=C1CCCCC1. The molecule has 1 rings (SSSR count). The van der Waals surface area contributed by atoms with Crippen LogP contribution in [0.1, 0.15) is 46.0 Å². The van der Waals surface area contributed by atoms with Crippen LogP contribution in [0.25, 0.3) is 0 Å². The molecule has 0 amide bonds. The minimum absolute atomic E-state index is 0.693. The van der Waals surface area contributed by atoms with Gasteiger partial charge >= 0.3 is 0 Å². The van der Waals surface area contributed by atoms with Crippen LogP contribution in [-0.2, 0) is 0 Å². The molecule has 0 aromatic carbocycles. The Kier molecular flexibility index (Phi) is 4.12. The molecule has 0 aromatic rings. The lowest BCUT2D eigenvalue weighted by molar-refractivity contribution is 0.562. The van der Waals surface area contributed by atoms with Crippen LogP contribution in [0.3, 0.4) is 0 Å². The van der Waals surface area contributed by atoms with Crippen molar-refractivity contribution in [2.45, 2.75) is 46.0 Å². The molecular weight excluding hydrogens is 148 g/mol. The Morgan fingerprint density at radius 3 is 2.50 bits per heavy atom. The van der Waals surface area contributed by atoms with E-state index >= 15 is 0 Å². The van der Waals surface area contributed by atoms with Gasteiger partial charge in [0.25, 0.3) is 0 Å². The molecule has 12 heavy (non-hydrogen) atoms. The zero-order valence-electron chi connectivity index (χ0n) is 8.27. The van der Waals surface area contributed by atoms with Crippen LogP contribution in [0.2, 0.25) is 0 Å². The maximum Gasteiger partial charge on any atom is 0.0378 e. The molecule has 2 heteroatoms. The summed E-state index contributed by atoms with van der Waals surface area (Å²) in [6, 6.07) is 0. The molecular formula is C10H20N2. The van der Waals surface area contributed by atoms with Gasteiger partial charge in [0.1, 0.15) is 0 Å². The largest absolute Gasteiger partial charge is 0.310 e. The lowest BCUT2D eigenvalue weighted by atomic mass is 9.99. The third-order valence-electron chi connectivity index (χ3n) is 2.17. The van der Waals surface area contributed by atoms with Crippen LogP contribution >= 0.6 is 0 Å². The molecule has 1 aliphatic carbocycles. The smallest absolute Gasteiger partial charge is 0.0378 e. The second-order valence-corrected chi connectivity index (χ2v) is 3.99. The predicted octanol–water partition coefficient (Wildman–Crippen LogP) is 2.55. The van der Waals surface area contributed by atoms with Crippen molar-refractivity contribution in [3.05, 3.63) is 0 Å². The summed E-state index contributed by atoms with van der Waals surface area (Å²) in [6.45, 7) is 5.41. The molecule has 0 radical (unpaired) electrons. The first-order chi connectivity index (χ1) is 5.79. The van der Waals surface area contributed by atoms with E-state index in [1.54, 1.807) is 0 Å². The van der Waals surface area contributed by atoms with Gasteiger partial charge in [0, 0.05) is 12.3 Å². The molecule has 0 bridgehead atoms. The van der Waals surface area contributed by atoms with Gasteiger partial charge in [-0.25, -0.2) is 0 Å². The molecule has 0 heterocycles. The first-order valence-corrected chi connectivity index (χ1v) is 5.07. The average molecular weight is 168 g/mol. The van der Waals surface area contributed by atoms with Crippen molar-refractivity contribution in [2.75, 3.05) is 6.54 Å². The number of nitrogens with zero attached hydrogens (tertiary/aromatic N) is 1. The molecule has 0 spiro atoms. The van der Waals surface area contributed by atoms with E-state index in [1.807, 2.05) is 0 Å². The Labute approximate surface area is 75.4 Å². The van der Waals surface area contributed by atoms with Gasteiger partial charge in [-0.2, -0.15) is 5.10 Å². The molecule has 1 fully saturated rings. The molecule has 1 aliphatic rings. The normalized spacial score (nSPS) is 18.1. The van der Waals surface area contributed by atoms with Crippen LogP contribution < -0.4 is 5.43 Å². The summed E-state index contributed by atoms with van der Waals surface area (Å²) in [7, 11) is 0. The van der Waals surface area contributed by atoms with Gasteiger partial charge < -0.3 is 5.43 Å². The quantitative estimate of drug-likeness (QED) is 0.643. The highest BCUT2D eigenvalue weighted by Gasteiger charge is 2.05. The molecule has 0 saturated heterocycles. The first kappa shape index (κ1) is 9.56. The van der Waals surface area contributed by atoms with Gasteiger partial charge in [0.2, 0.25) is 0 Å². The highest BCUT2D eigenvalue weighted by molar-refractivity contribution is 5.84. The van der Waals surface area contributed by atoms with E-state index in [0.717, 1.165) is 6.54 Å². The van der Waals surface area contributed by atoms with Crippen LogP contribution in [0.15, 0.2) is 5.10 Å². The molecule has 1 saturated carbocycles. The first-order valence-electron chi connectivity index (χ1n) is 5.07. The fraction of sp³-hybridized carbons (Fsp3) is 0.900. The summed E-state index contributed by atoms with van der Waals surface area (Å²) in [5.74, 6) is 0.693. The molecule has 0 aliphatic heterocycles. The van der Waals surface area contributed by atoms with Crippen molar-refractivity contribution >= 4 is 5.71 Å². The Morgan fingerprint density at radius 1 is 1.25 bits per heavy atom. The van der Waals surface area contributed by atoms with Crippen molar-refractivity contribution in [1.29, 1.82) is 0 Å². The van der Waals surface area contributed by atoms with E-state index < -0.39 is 0 Å². The lowest BCUT2D eigenvalue weighted by Crippen LogP contribution is -2.17. The van der Waals surface area contributed by atoms with E-state index in [2.05, 4.69) is 24.4 Å². The fourth-order valence-electron chi connectivity index (χ4n) is 1.41. The maximum atomic E-state index is 4.39. The summed E-state index contributed by atoms with van der Waals surface area (Å²) < 4.78 is 0. The molecule has 0 aromatic heterocycles. The minimum atomic E-state index is 0.693. The number of nitrogens with one attached hydrogen (secondary N) is 1. The molecule has 1 N–H and O–H groups in total. The number of rotatable bonds is 3. The molecule has 2 nitrogen and oxygen atoms in total. The Bertz CT molecular complexity index is 142. The number of hydrogen-bond acceptors (Lipinski definition) is 2. The van der Waals surface area contributed by atoms with Crippen molar-refractivity contribution in [3.63, 3.8) is 0 Å². The highest BCUT2D eigenvalue weighted by Crippen LogP contribution is 2.14. The Hall–Kier alpha value is -0.530. The van der Waals surface area contributed by atoms with E-state index in [1.165, 1.54) is 37.8 Å². The highest BCUT2D eigenvalue weighted by atomic mass is 15.3. The van der Waals surface area contributed by atoms with Crippen LogP contribution in [0, 0.1) is 5.92 Å². The minimum Gasteiger partial charge on any atom is -0.310 e. The second kappa shape index (κ2) is 5.18. The predicted molar refractivity (Wildman–Crippen MR) is 53.4 cm³/mol. The third kappa shape index (κ3) is 3.74. The fourth-order valence-corrected chi connectivity index (χ4v) is 1.41. The summed E-state index contributed by atoms with van der Waals surface area (Å²) in [4.78, 5) is 0. The number of hydrazone groups is 1. The van der Waals surface area contributed by atoms with Crippen molar-refractivity contribution in [1.82, 2.24) is 5.43 Å². The van der Waals surface area contributed by atoms with E-state index in [4.69, 9.17) is 0 Å². The second-order valence-electron chi connectivity index (χ2n) is 3.99. The maximum absolute atomic E-state index is 4.39.